The maximum absolute atomic E-state index is 12.4. The molecule has 4 atom stereocenters. The zero-order chi connectivity index (χ0) is 33.2. The summed E-state index contributed by atoms with van der Waals surface area (Å²) in [4.78, 5) is 12.4. The minimum atomic E-state index is -1.29. The highest BCUT2D eigenvalue weighted by molar-refractivity contribution is 5.80. The van der Waals surface area contributed by atoms with E-state index in [4.69, 9.17) is 0 Å². The van der Waals surface area contributed by atoms with Gasteiger partial charge in [-0.1, -0.05) is 140 Å². The molecule has 0 aromatic rings. The van der Waals surface area contributed by atoms with Crippen LogP contribution in [-0.2, 0) is 4.79 Å². The fraction of sp³-hybridized carbons (Fsp3) is 0.821. The molecule has 0 aliphatic carbocycles. The quantitative estimate of drug-likeness (QED) is 0.0365. The average molecular weight is 636 g/mol. The zero-order valence-electron chi connectivity index (χ0n) is 29.4. The number of unbranched alkanes of at least 4 members (excludes halogenated alkanes) is 18. The van der Waals surface area contributed by atoms with E-state index in [-0.39, 0.29) is 0 Å². The van der Waals surface area contributed by atoms with Gasteiger partial charge in [0.1, 0.15) is 12.2 Å². The first-order valence-electron chi connectivity index (χ1n) is 18.9. The third kappa shape index (κ3) is 28.5. The molecule has 0 saturated carbocycles. The van der Waals surface area contributed by atoms with E-state index in [9.17, 15) is 25.2 Å². The van der Waals surface area contributed by atoms with Gasteiger partial charge in [0.2, 0.25) is 5.91 Å². The molecule has 6 heteroatoms. The largest absolute Gasteiger partial charge is 0.394 e. The molecule has 1 amide bonds. The van der Waals surface area contributed by atoms with Gasteiger partial charge in [0.25, 0.3) is 0 Å². The van der Waals surface area contributed by atoms with Gasteiger partial charge in [-0.05, 0) is 70.6 Å². The number of carbonyl (C=O) groups is 1. The Morgan fingerprint density at radius 2 is 0.956 bits per heavy atom. The van der Waals surface area contributed by atoms with E-state index >= 15 is 0 Å². The Bertz CT molecular complexity index is 722. The first-order chi connectivity index (χ1) is 22.0. The number of nitrogens with one attached hydrogen (secondary N) is 1. The molecular weight excluding hydrogens is 562 g/mol. The lowest BCUT2D eigenvalue weighted by Crippen LogP contribution is -2.53. The van der Waals surface area contributed by atoms with Crippen molar-refractivity contribution in [3.05, 3.63) is 36.5 Å². The minimum absolute atomic E-state index is 0.337. The predicted molar refractivity (Wildman–Crippen MR) is 191 cm³/mol. The highest BCUT2D eigenvalue weighted by Crippen LogP contribution is 2.13. The SMILES string of the molecule is CCCC/C=C\CCCCCC(O)C(=O)NC(CO)C(O)C(O)CCC/C=C/CC/C=C/CCCCCCCCCCCCC. The highest BCUT2D eigenvalue weighted by atomic mass is 16.3. The van der Waals surface area contributed by atoms with Gasteiger partial charge >= 0.3 is 0 Å². The smallest absolute Gasteiger partial charge is 0.249 e. The lowest BCUT2D eigenvalue weighted by Gasteiger charge is -2.27. The van der Waals surface area contributed by atoms with Gasteiger partial charge in [0, 0.05) is 0 Å². The summed E-state index contributed by atoms with van der Waals surface area (Å²) in [5, 5.41) is 43.3. The van der Waals surface area contributed by atoms with Gasteiger partial charge in [0.05, 0.1) is 18.8 Å². The van der Waals surface area contributed by atoms with Gasteiger partial charge in [-0.15, -0.1) is 0 Å². The molecule has 0 heterocycles. The monoisotopic (exact) mass is 636 g/mol. The first-order valence-corrected chi connectivity index (χ1v) is 18.9. The Balaban J connectivity index is 3.86. The summed E-state index contributed by atoms with van der Waals surface area (Å²) in [7, 11) is 0. The number of hydrogen-bond acceptors (Lipinski definition) is 5. The van der Waals surface area contributed by atoms with Crippen LogP contribution in [-0.4, -0.2) is 57.3 Å². The van der Waals surface area contributed by atoms with Crippen molar-refractivity contribution in [1.29, 1.82) is 0 Å². The van der Waals surface area contributed by atoms with Crippen LogP contribution in [0.2, 0.25) is 0 Å². The first kappa shape index (κ1) is 43.5. The number of aliphatic hydroxyl groups is 4. The van der Waals surface area contributed by atoms with Gasteiger partial charge < -0.3 is 25.7 Å². The zero-order valence-corrected chi connectivity index (χ0v) is 29.4. The van der Waals surface area contributed by atoms with Crippen molar-refractivity contribution in [2.75, 3.05) is 6.61 Å². The summed E-state index contributed by atoms with van der Waals surface area (Å²) in [5.74, 6) is -0.615. The number of carbonyl (C=O) groups excluding carboxylic acids is 1. The van der Waals surface area contributed by atoms with Crippen LogP contribution in [0.5, 0.6) is 0 Å². The number of aliphatic hydroxyl groups excluding tert-OH is 4. The molecule has 0 aromatic heterocycles. The van der Waals surface area contributed by atoms with Gasteiger partial charge in [-0.25, -0.2) is 0 Å². The van der Waals surface area contributed by atoms with E-state index in [1.54, 1.807) is 0 Å². The predicted octanol–water partition coefficient (Wildman–Crippen LogP) is 9.01. The molecule has 0 spiro atoms. The Labute approximate surface area is 277 Å². The van der Waals surface area contributed by atoms with E-state index in [2.05, 4.69) is 55.6 Å². The summed E-state index contributed by atoms with van der Waals surface area (Å²) in [6.07, 6.45) is 37.5. The van der Waals surface area contributed by atoms with E-state index in [0.717, 1.165) is 51.4 Å². The third-order valence-electron chi connectivity index (χ3n) is 8.55. The van der Waals surface area contributed by atoms with Crippen molar-refractivity contribution in [1.82, 2.24) is 5.32 Å². The molecule has 0 aliphatic rings. The van der Waals surface area contributed by atoms with Gasteiger partial charge in [0.15, 0.2) is 0 Å². The fourth-order valence-corrected chi connectivity index (χ4v) is 5.46. The van der Waals surface area contributed by atoms with Crippen LogP contribution in [0, 0.1) is 0 Å². The van der Waals surface area contributed by atoms with E-state index in [1.807, 2.05) is 0 Å². The molecule has 45 heavy (non-hydrogen) atoms. The van der Waals surface area contributed by atoms with Crippen LogP contribution < -0.4 is 5.32 Å². The molecule has 4 unspecified atom stereocenters. The Hall–Kier alpha value is -1.47. The number of rotatable bonds is 33. The van der Waals surface area contributed by atoms with Crippen molar-refractivity contribution in [2.24, 2.45) is 0 Å². The summed E-state index contributed by atoms with van der Waals surface area (Å²) in [5.41, 5.74) is 0. The van der Waals surface area contributed by atoms with Crippen molar-refractivity contribution in [3.8, 4) is 0 Å². The molecule has 0 saturated heterocycles. The number of hydrogen-bond donors (Lipinski definition) is 5. The van der Waals surface area contributed by atoms with E-state index in [1.165, 1.54) is 89.9 Å². The summed E-state index contributed by atoms with van der Waals surface area (Å²) in [6.45, 7) is 3.95. The highest BCUT2D eigenvalue weighted by Gasteiger charge is 2.28. The van der Waals surface area contributed by atoms with Crippen LogP contribution >= 0.6 is 0 Å². The summed E-state index contributed by atoms with van der Waals surface area (Å²) >= 11 is 0. The molecule has 6 nitrogen and oxygen atoms in total. The molecular formula is C39H73NO5. The number of amides is 1. The lowest BCUT2D eigenvalue weighted by molar-refractivity contribution is -0.132. The van der Waals surface area contributed by atoms with Gasteiger partial charge in [-0.3, -0.25) is 4.79 Å². The lowest BCUT2D eigenvalue weighted by atomic mass is 10.00. The molecule has 0 aromatic carbocycles. The summed E-state index contributed by atoms with van der Waals surface area (Å²) in [6, 6.07) is -1.01. The fourth-order valence-electron chi connectivity index (χ4n) is 5.46. The molecule has 264 valence electrons. The standard InChI is InChI=1S/C39H73NO5/c1-3-5-7-9-11-13-14-15-16-17-18-19-20-21-22-23-25-26-28-30-32-36(42)38(44)35(34-41)40-39(45)37(43)33-31-29-27-24-12-10-8-6-4-2/h10,12,20-21,25-26,35-38,41-44H,3-9,11,13-19,22-24,27-34H2,1-2H3,(H,40,45)/b12-10-,21-20+,26-25+. The van der Waals surface area contributed by atoms with E-state index < -0.39 is 36.9 Å². The van der Waals surface area contributed by atoms with Crippen molar-refractivity contribution in [3.63, 3.8) is 0 Å². The van der Waals surface area contributed by atoms with Crippen LogP contribution in [0.1, 0.15) is 174 Å². The van der Waals surface area contributed by atoms with Crippen LogP contribution in [0.15, 0.2) is 36.5 Å². The maximum atomic E-state index is 12.4. The van der Waals surface area contributed by atoms with Crippen molar-refractivity contribution < 1.29 is 25.2 Å². The Morgan fingerprint density at radius 3 is 1.47 bits per heavy atom. The minimum Gasteiger partial charge on any atom is -0.394 e. The molecule has 0 aliphatic heterocycles. The molecule has 5 N–H and O–H groups in total. The molecule has 0 bridgehead atoms. The second kappa shape index (κ2) is 33.9. The van der Waals surface area contributed by atoms with Gasteiger partial charge in [-0.2, -0.15) is 0 Å². The van der Waals surface area contributed by atoms with E-state index in [0.29, 0.717) is 19.3 Å². The molecule has 0 radical (unpaired) electrons. The third-order valence-corrected chi connectivity index (χ3v) is 8.55. The second-order valence-corrected chi connectivity index (χ2v) is 12.9. The van der Waals surface area contributed by atoms with Crippen molar-refractivity contribution >= 4 is 5.91 Å². The average Bonchev–Trinajstić information content (AvgIpc) is 3.04. The number of allylic oxidation sites excluding steroid dienone is 6. The normalized spacial score (nSPS) is 14.9. The summed E-state index contributed by atoms with van der Waals surface area (Å²) < 4.78 is 0. The second-order valence-electron chi connectivity index (χ2n) is 12.9. The topological polar surface area (TPSA) is 110 Å². The van der Waals surface area contributed by atoms with Crippen LogP contribution in [0.3, 0.4) is 0 Å². The van der Waals surface area contributed by atoms with Crippen LogP contribution in [0.4, 0.5) is 0 Å². The Kier molecular flexibility index (Phi) is 32.8. The van der Waals surface area contributed by atoms with Crippen molar-refractivity contribution in [2.45, 2.75) is 199 Å². The molecule has 0 fully saturated rings. The maximum Gasteiger partial charge on any atom is 0.249 e. The molecule has 0 rings (SSSR count). The van der Waals surface area contributed by atoms with Crippen LogP contribution in [0.25, 0.3) is 0 Å². The Morgan fingerprint density at radius 1 is 0.533 bits per heavy atom.